The van der Waals surface area contributed by atoms with Crippen LogP contribution < -0.4 is 10.6 Å². The van der Waals surface area contributed by atoms with Crippen molar-refractivity contribution in [1.29, 1.82) is 0 Å². The molecule has 1 amide bonds. The summed E-state index contributed by atoms with van der Waals surface area (Å²) in [6, 6.07) is 7.16. The topological polar surface area (TPSA) is 66.9 Å². The number of hydrogen-bond acceptors (Lipinski definition) is 4. The summed E-state index contributed by atoms with van der Waals surface area (Å²) in [6.45, 7) is 4.78. The van der Waals surface area contributed by atoms with Gasteiger partial charge in [0.2, 0.25) is 0 Å². The fourth-order valence-corrected chi connectivity index (χ4v) is 1.81. The molecule has 0 spiro atoms. The molecule has 0 atom stereocenters. The van der Waals surface area contributed by atoms with Crippen LogP contribution in [0.5, 0.6) is 0 Å². The molecule has 0 aliphatic rings. The predicted molar refractivity (Wildman–Crippen MR) is 80.0 cm³/mol. The highest BCUT2D eigenvalue weighted by Gasteiger charge is 2.09. The smallest absolute Gasteiger partial charge is 0.255 e. The molecule has 2 rings (SSSR count). The molecule has 5 heteroatoms. The molecular weight excluding hydrogens is 252 g/mol. The second-order valence-electron chi connectivity index (χ2n) is 4.31. The van der Waals surface area contributed by atoms with E-state index in [1.165, 1.54) is 0 Å². The Bertz CT molecular complexity index is 584. The van der Waals surface area contributed by atoms with E-state index in [9.17, 15) is 4.79 Å². The van der Waals surface area contributed by atoms with Gasteiger partial charge in [0.15, 0.2) is 0 Å². The number of carbonyl (C=O) groups is 1. The number of nitrogens with zero attached hydrogens (tertiary/aromatic N) is 2. The molecule has 0 aliphatic carbocycles. The molecule has 0 radical (unpaired) electrons. The minimum absolute atomic E-state index is 0.158. The number of rotatable bonds is 5. The maximum Gasteiger partial charge on any atom is 0.255 e. The number of hydrogen-bond donors (Lipinski definition) is 2. The van der Waals surface area contributed by atoms with Crippen LogP contribution >= 0.6 is 0 Å². The number of carbonyl (C=O) groups excluding carboxylic acids is 1. The fraction of sp³-hybridized carbons (Fsp3) is 0.267. The molecule has 5 nitrogen and oxygen atoms in total. The van der Waals surface area contributed by atoms with Crippen molar-refractivity contribution in [3.63, 3.8) is 0 Å². The van der Waals surface area contributed by atoms with E-state index in [0.29, 0.717) is 11.3 Å². The summed E-state index contributed by atoms with van der Waals surface area (Å²) in [5.41, 5.74) is 2.16. The highest BCUT2D eigenvalue weighted by atomic mass is 16.1. The lowest BCUT2D eigenvalue weighted by molar-refractivity contribution is 0.102. The summed E-state index contributed by atoms with van der Waals surface area (Å²) in [6.07, 6.45) is 4.07. The summed E-state index contributed by atoms with van der Waals surface area (Å²) in [4.78, 5) is 20.6. The molecular formula is C15H18N4O. The van der Waals surface area contributed by atoms with Gasteiger partial charge in [-0.3, -0.25) is 9.78 Å². The number of amides is 1. The van der Waals surface area contributed by atoms with Crippen LogP contribution in [0.2, 0.25) is 0 Å². The standard InChI is InChI=1S/C15H18N4O/c1-3-12-8-11(9-14(18-12)17-4-2)15(20)19-13-6-5-7-16-10-13/h5-10H,3-4H2,1-2H3,(H,17,18)(H,19,20). The molecule has 20 heavy (non-hydrogen) atoms. The minimum Gasteiger partial charge on any atom is -0.370 e. The third kappa shape index (κ3) is 3.54. The van der Waals surface area contributed by atoms with Crippen LogP contribution in [-0.2, 0) is 6.42 Å². The van der Waals surface area contributed by atoms with E-state index in [4.69, 9.17) is 0 Å². The summed E-state index contributed by atoms with van der Waals surface area (Å²) in [7, 11) is 0. The van der Waals surface area contributed by atoms with Crippen molar-refractivity contribution in [3.8, 4) is 0 Å². The van der Waals surface area contributed by atoms with E-state index in [-0.39, 0.29) is 5.91 Å². The zero-order chi connectivity index (χ0) is 14.4. The highest BCUT2D eigenvalue weighted by Crippen LogP contribution is 2.13. The molecule has 2 heterocycles. The van der Waals surface area contributed by atoms with Gasteiger partial charge < -0.3 is 10.6 Å². The largest absolute Gasteiger partial charge is 0.370 e. The van der Waals surface area contributed by atoms with Gasteiger partial charge in [-0.05, 0) is 37.6 Å². The first-order valence-electron chi connectivity index (χ1n) is 6.69. The third-order valence-electron chi connectivity index (χ3n) is 2.78. The summed E-state index contributed by atoms with van der Waals surface area (Å²) in [5, 5.41) is 5.96. The highest BCUT2D eigenvalue weighted by molar-refractivity contribution is 6.04. The van der Waals surface area contributed by atoms with Crippen molar-refractivity contribution in [1.82, 2.24) is 9.97 Å². The van der Waals surface area contributed by atoms with Gasteiger partial charge in [-0.25, -0.2) is 4.98 Å². The van der Waals surface area contributed by atoms with Crippen LogP contribution in [0.15, 0.2) is 36.7 Å². The van der Waals surface area contributed by atoms with Gasteiger partial charge in [0, 0.05) is 24.0 Å². The molecule has 0 bridgehead atoms. The van der Waals surface area contributed by atoms with E-state index in [1.54, 1.807) is 30.6 Å². The van der Waals surface area contributed by atoms with Gasteiger partial charge in [0.25, 0.3) is 5.91 Å². The second-order valence-corrected chi connectivity index (χ2v) is 4.31. The van der Waals surface area contributed by atoms with Gasteiger partial charge >= 0.3 is 0 Å². The SMILES string of the molecule is CCNc1cc(C(=O)Nc2cccnc2)cc(CC)n1. The maximum atomic E-state index is 12.2. The number of pyridine rings is 2. The Morgan fingerprint density at radius 3 is 2.80 bits per heavy atom. The molecule has 104 valence electrons. The molecule has 2 N–H and O–H groups in total. The lowest BCUT2D eigenvalue weighted by atomic mass is 10.1. The Kier molecular flexibility index (Phi) is 4.65. The van der Waals surface area contributed by atoms with Crippen LogP contribution in [0, 0.1) is 0 Å². The first-order chi connectivity index (χ1) is 9.72. The van der Waals surface area contributed by atoms with E-state index >= 15 is 0 Å². The quantitative estimate of drug-likeness (QED) is 0.876. The van der Waals surface area contributed by atoms with E-state index in [1.807, 2.05) is 19.9 Å². The zero-order valence-corrected chi connectivity index (χ0v) is 11.7. The van der Waals surface area contributed by atoms with Crippen molar-refractivity contribution in [2.75, 3.05) is 17.2 Å². The molecule has 0 saturated carbocycles. The number of nitrogens with one attached hydrogen (secondary N) is 2. The molecule has 0 unspecified atom stereocenters. The van der Waals surface area contributed by atoms with Crippen molar-refractivity contribution in [2.24, 2.45) is 0 Å². The Morgan fingerprint density at radius 2 is 2.15 bits per heavy atom. The predicted octanol–water partition coefficient (Wildman–Crippen LogP) is 2.72. The Hall–Kier alpha value is -2.43. The van der Waals surface area contributed by atoms with Crippen LogP contribution in [0.1, 0.15) is 29.9 Å². The fourth-order valence-electron chi connectivity index (χ4n) is 1.81. The third-order valence-corrected chi connectivity index (χ3v) is 2.78. The van der Waals surface area contributed by atoms with E-state index in [2.05, 4.69) is 20.6 Å². The normalized spacial score (nSPS) is 10.1. The molecule has 0 aliphatic heterocycles. The lowest BCUT2D eigenvalue weighted by Crippen LogP contribution is -2.14. The van der Waals surface area contributed by atoms with Crippen LogP contribution in [0.4, 0.5) is 11.5 Å². The number of aromatic nitrogens is 2. The van der Waals surface area contributed by atoms with Crippen molar-refractivity contribution in [3.05, 3.63) is 47.9 Å². The van der Waals surface area contributed by atoms with Gasteiger partial charge in [0.05, 0.1) is 11.9 Å². The zero-order valence-electron chi connectivity index (χ0n) is 11.7. The summed E-state index contributed by atoms with van der Waals surface area (Å²) < 4.78 is 0. The number of anilines is 2. The average molecular weight is 270 g/mol. The lowest BCUT2D eigenvalue weighted by Gasteiger charge is -2.09. The van der Waals surface area contributed by atoms with Crippen LogP contribution in [0.25, 0.3) is 0 Å². The Balaban J connectivity index is 2.22. The first-order valence-corrected chi connectivity index (χ1v) is 6.69. The van der Waals surface area contributed by atoms with Crippen molar-refractivity contribution >= 4 is 17.4 Å². The molecule has 2 aromatic rings. The van der Waals surface area contributed by atoms with Gasteiger partial charge in [0.1, 0.15) is 5.82 Å². The van der Waals surface area contributed by atoms with Gasteiger partial charge in [-0.15, -0.1) is 0 Å². The monoisotopic (exact) mass is 270 g/mol. The maximum absolute atomic E-state index is 12.2. The van der Waals surface area contributed by atoms with Gasteiger partial charge in [-0.2, -0.15) is 0 Å². The van der Waals surface area contributed by atoms with Gasteiger partial charge in [-0.1, -0.05) is 6.92 Å². The van der Waals surface area contributed by atoms with E-state index in [0.717, 1.165) is 24.5 Å². The number of aryl methyl sites for hydroxylation is 1. The summed E-state index contributed by atoms with van der Waals surface area (Å²) in [5.74, 6) is 0.567. The molecule has 2 aromatic heterocycles. The van der Waals surface area contributed by atoms with Crippen LogP contribution in [0.3, 0.4) is 0 Å². The summed E-state index contributed by atoms with van der Waals surface area (Å²) >= 11 is 0. The Labute approximate surface area is 118 Å². The van der Waals surface area contributed by atoms with Crippen LogP contribution in [-0.4, -0.2) is 22.4 Å². The molecule has 0 aromatic carbocycles. The molecule has 0 saturated heterocycles. The van der Waals surface area contributed by atoms with E-state index < -0.39 is 0 Å². The second kappa shape index (κ2) is 6.65. The molecule has 0 fully saturated rings. The minimum atomic E-state index is -0.158. The van der Waals surface area contributed by atoms with Crippen molar-refractivity contribution in [2.45, 2.75) is 20.3 Å². The van der Waals surface area contributed by atoms with Crippen molar-refractivity contribution < 1.29 is 4.79 Å². The first kappa shape index (κ1) is 14.0. The average Bonchev–Trinajstić information content (AvgIpc) is 2.48. The Morgan fingerprint density at radius 1 is 1.30 bits per heavy atom.